The van der Waals surface area contributed by atoms with E-state index in [1.807, 2.05) is 38.1 Å². The Morgan fingerprint density at radius 1 is 1.13 bits per heavy atom. The zero-order valence-corrected chi connectivity index (χ0v) is 17.3. The normalized spacial score (nSPS) is 14.8. The van der Waals surface area contributed by atoms with Crippen LogP contribution in [0.5, 0.6) is 0 Å². The highest BCUT2D eigenvalue weighted by Gasteiger charge is 2.31. The van der Waals surface area contributed by atoms with Gasteiger partial charge in [0.1, 0.15) is 0 Å². The molecule has 31 heavy (non-hydrogen) atoms. The van der Waals surface area contributed by atoms with Crippen molar-refractivity contribution in [2.75, 3.05) is 16.8 Å². The van der Waals surface area contributed by atoms with Crippen molar-refractivity contribution in [3.05, 3.63) is 83.3 Å². The summed E-state index contributed by atoms with van der Waals surface area (Å²) in [6.45, 7) is 3.41. The smallest absolute Gasteiger partial charge is 0.338 e. The van der Waals surface area contributed by atoms with E-state index in [4.69, 9.17) is 9.15 Å². The highest BCUT2D eigenvalue weighted by Crippen LogP contribution is 2.31. The molecule has 1 N–H and O–H groups in total. The van der Waals surface area contributed by atoms with Crippen LogP contribution in [0.2, 0.25) is 0 Å². The number of nitrogens with one attached hydrogen (secondary N) is 1. The molecule has 0 unspecified atom stereocenters. The molecule has 0 radical (unpaired) electrons. The summed E-state index contributed by atoms with van der Waals surface area (Å²) in [6.07, 6.45) is 2.18. The lowest BCUT2D eigenvalue weighted by atomic mass is 10.1. The molecule has 2 amide bonds. The predicted molar refractivity (Wildman–Crippen MR) is 115 cm³/mol. The summed E-state index contributed by atoms with van der Waals surface area (Å²) >= 11 is 0. The van der Waals surface area contributed by atoms with E-state index in [2.05, 4.69) is 5.32 Å². The second kappa shape index (κ2) is 8.47. The van der Waals surface area contributed by atoms with Gasteiger partial charge in [-0.15, -0.1) is 0 Å². The maximum Gasteiger partial charge on any atom is 0.338 e. The van der Waals surface area contributed by atoms with Crippen LogP contribution in [0, 0.1) is 6.92 Å². The highest BCUT2D eigenvalue weighted by molar-refractivity contribution is 6.04. The van der Waals surface area contributed by atoms with Gasteiger partial charge in [-0.2, -0.15) is 0 Å². The Morgan fingerprint density at radius 3 is 2.71 bits per heavy atom. The van der Waals surface area contributed by atoms with Crippen LogP contribution in [0.1, 0.15) is 39.0 Å². The average Bonchev–Trinajstić information content (AvgIpc) is 3.40. The van der Waals surface area contributed by atoms with Gasteiger partial charge in [0.2, 0.25) is 0 Å². The number of fused-ring (bicyclic) bond motifs is 1. The molecule has 1 atom stereocenters. The molecule has 7 nitrogen and oxygen atoms in total. The number of aryl methyl sites for hydroxylation is 1. The lowest BCUT2D eigenvalue weighted by Crippen LogP contribution is -2.38. The third-order valence-electron chi connectivity index (χ3n) is 5.27. The van der Waals surface area contributed by atoms with E-state index in [0.29, 0.717) is 5.69 Å². The summed E-state index contributed by atoms with van der Waals surface area (Å²) < 4.78 is 10.4. The van der Waals surface area contributed by atoms with Crippen molar-refractivity contribution in [1.82, 2.24) is 0 Å². The van der Waals surface area contributed by atoms with E-state index in [-0.39, 0.29) is 29.9 Å². The first-order chi connectivity index (χ1) is 14.9. The molecular weight excluding hydrogens is 396 g/mol. The van der Waals surface area contributed by atoms with Gasteiger partial charge in [-0.05, 0) is 61.7 Å². The van der Waals surface area contributed by atoms with Crippen molar-refractivity contribution in [2.45, 2.75) is 26.3 Å². The van der Waals surface area contributed by atoms with Crippen LogP contribution in [-0.4, -0.2) is 30.4 Å². The molecule has 1 aromatic heterocycles. The summed E-state index contributed by atoms with van der Waals surface area (Å²) in [5.74, 6) is -1.17. The number of ether oxygens (including phenoxy) is 1. The van der Waals surface area contributed by atoms with Crippen LogP contribution in [0.4, 0.5) is 11.4 Å². The van der Waals surface area contributed by atoms with Gasteiger partial charge in [0.05, 0.1) is 11.8 Å². The van der Waals surface area contributed by atoms with E-state index >= 15 is 0 Å². The summed E-state index contributed by atoms with van der Waals surface area (Å²) in [6, 6.07) is 15.7. The van der Waals surface area contributed by atoms with Crippen LogP contribution in [0.25, 0.3) is 0 Å². The fraction of sp³-hybridized carbons (Fsp3) is 0.208. The lowest BCUT2D eigenvalue weighted by Gasteiger charge is -2.22. The van der Waals surface area contributed by atoms with Crippen molar-refractivity contribution < 1.29 is 23.5 Å². The number of carbonyl (C=O) groups is 3. The molecule has 0 saturated heterocycles. The number of hydrogen-bond acceptors (Lipinski definition) is 5. The Labute approximate surface area is 179 Å². The largest absolute Gasteiger partial charge is 0.459 e. The molecule has 0 saturated carbocycles. The summed E-state index contributed by atoms with van der Waals surface area (Å²) in [4.78, 5) is 39.2. The molecule has 158 valence electrons. The van der Waals surface area contributed by atoms with Crippen molar-refractivity contribution in [3.8, 4) is 0 Å². The van der Waals surface area contributed by atoms with Crippen LogP contribution in [0.3, 0.4) is 0 Å². The number of carbonyl (C=O) groups excluding carboxylic acids is 3. The number of amides is 2. The van der Waals surface area contributed by atoms with Gasteiger partial charge < -0.3 is 19.4 Å². The van der Waals surface area contributed by atoms with Crippen molar-refractivity contribution in [2.24, 2.45) is 0 Å². The Kier molecular flexibility index (Phi) is 5.58. The number of rotatable bonds is 5. The Balaban J connectivity index is 1.42. The summed E-state index contributed by atoms with van der Waals surface area (Å²) in [5, 5.41) is 2.72. The van der Waals surface area contributed by atoms with Crippen LogP contribution >= 0.6 is 0 Å². The van der Waals surface area contributed by atoms with E-state index < -0.39 is 11.9 Å². The quantitative estimate of drug-likeness (QED) is 0.633. The molecule has 1 aliphatic rings. The number of nitrogens with zero attached hydrogens (tertiary/aromatic N) is 1. The molecule has 2 heterocycles. The molecule has 0 spiro atoms. The van der Waals surface area contributed by atoms with Gasteiger partial charge in [0.25, 0.3) is 11.8 Å². The third kappa shape index (κ3) is 4.21. The van der Waals surface area contributed by atoms with Crippen molar-refractivity contribution >= 4 is 29.2 Å². The number of esters is 1. The van der Waals surface area contributed by atoms with Gasteiger partial charge in [0, 0.05) is 17.4 Å². The predicted octanol–water partition coefficient (Wildman–Crippen LogP) is 3.97. The highest BCUT2D eigenvalue weighted by atomic mass is 16.5. The van der Waals surface area contributed by atoms with E-state index in [0.717, 1.165) is 23.2 Å². The molecule has 4 rings (SSSR count). The Bertz CT molecular complexity index is 1140. The van der Waals surface area contributed by atoms with E-state index in [1.165, 1.54) is 12.3 Å². The standard InChI is InChI=1S/C24H22N2O5/c1-15-9-10-18(13-19(15)25-23(28)21-8-5-11-30-21)24(29)31-14-22(27)26-16(2)12-17-6-3-4-7-20(17)26/h3-11,13,16H,12,14H2,1-2H3,(H,25,28)/t16-/m0/s1. The maximum atomic E-state index is 12.7. The number of benzene rings is 2. The number of para-hydroxylation sites is 1. The first-order valence-corrected chi connectivity index (χ1v) is 9.96. The summed E-state index contributed by atoms with van der Waals surface area (Å²) in [7, 11) is 0. The zero-order valence-electron chi connectivity index (χ0n) is 17.3. The molecular formula is C24H22N2O5. The van der Waals surface area contributed by atoms with Crippen molar-refractivity contribution in [1.29, 1.82) is 0 Å². The molecule has 1 aliphatic heterocycles. The third-order valence-corrected chi connectivity index (χ3v) is 5.27. The lowest BCUT2D eigenvalue weighted by molar-refractivity contribution is -0.122. The monoisotopic (exact) mass is 418 g/mol. The van der Waals surface area contributed by atoms with Gasteiger partial charge in [0.15, 0.2) is 12.4 Å². The molecule has 0 bridgehead atoms. The minimum absolute atomic E-state index is 0.00592. The molecule has 2 aromatic carbocycles. The summed E-state index contributed by atoms with van der Waals surface area (Å²) in [5.41, 5.74) is 3.43. The molecule has 3 aromatic rings. The van der Waals surface area contributed by atoms with Gasteiger partial charge in [-0.25, -0.2) is 4.79 Å². The fourth-order valence-electron chi connectivity index (χ4n) is 3.70. The number of anilines is 2. The Morgan fingerprint density at radius 2 is 1.94 bits per heavy atom. The second-order valence-corrected chi connectivity index (χ2v) is 7.48. The maximum absolute atomic E-state index is 12.7. The minimum Gasteiger partial charge on any atom is -0.459 e. The van der Waals surface area contributed by atoms with E-state index in [1.54, 1.807) is 29.2 Å². The first-order valence-electron chi connectivity index (χ1n) is 9.96. The van der Waals surface area contributed by atoms with E-state index in [9.17, 15) is 14.4 Å². The average molecular weight is 418 g/mol. The minimum atomic E-state index is -0.637. The van der Waals surface area contributed by atoms with Crippen molar-refractivity contribution in [3.63, 3.8) is 0 Å². The second-order valence-electron chi connectivity index (χ2n) is 7.48. The Hall–Kier alpha value is -3.87. The molecule has 7 heteroatoms. The van der Waals surface area contributed by atoms with Gasteiger partial charge in [-0.1, -0.05) is 24.3 Å². The van der Waals surface area contributed by atoms with Crippen LogP contribution in [-0.2, 0) is 16.0 Å². The van der Waals surface area contributed by atoms with Crippen LogP contribution < -0.4 is 10.2 Å². The van der Waals surface area contributed by atoms with Gasteiger partial charge >= 0.3 is 5.97 Å². The first kappa shape index (κ1) is 20.4. The van der Waals surface area contributed by atoms with Gasteiger partial charge in [-0.3, -0.25) is 9.59 Å². The SMILES string of the molecule is Cc1ccc(C(=O)OCC(=O)N2c3ccccc3C[C@@H]2C)cc1NC(=O)c1ccco1. The van der Waals surface area contributed by atoms with Crippen LogP contribution in [0.15, 0.2) is 65.3 Å². The molecule has 0 aliphatic carbocycles. The molecule has 0 fully saturated rings. The number of furan rings is 1. The number of hydrogen-bond donors (Lipinski definition) is 1. The fourth-order valence-corrected chi connectivity index (χ4v) is 3.70. The zero-order chi connectivity index (χ0) is 22.0. The topological polar surface area (TPSA) is 88.9 Å².